The summed E-state index contributed by atoms with van der Waals surface area (Å²) in [5.74, 6) is 0.634. The third kappa shape index (κ3) is 5.05. The monoisotopic (exact) mass is 420 g/mol. The molecule has 1 amide bonds. The molecule has 0 heterocycles. The highest BCUT2D eigenvalue weighted by atomic mass is 79.9. The molecule has 26 heavy (non-hydrogen) atoms. The van der Waals surface area contributed by atoms with E-state index in [-0.39, 0.29) is 18.2 Å². The van der Waals surface area contributed by atoms with Gasteiger partial charge >= 0.3 is 0 Å². The number of ether oxygens (including phenoxy) is 1. The topological polar surface area (TPSA) is 81.5 Å². The first kappa shape index (κ1) is 19.9. The lowest BCUT2D eigenvalue weighted by molar-refractivity contribution is -0.384. The molecule has 0 aliphatic heterocycles. The van der Waals surface area contributed by atoms with E-state index in [2.05, 4.69) is 35.1 Å². The highest BCUT2D eigenvalue weighted by Crippen LogP contribution is 2.30. The van der Waals surface area contributed by atoms with Crippen molar-refractivity contribution in [1.29, 1.82) is 0 Å². The van der Waals surface area contributed by atoms with Gasteiger partial charge in [-0.1, -0.05) is 26.0 Å². The fourth-order valence-electron chi connectivity index (χ4n) is 2.36. The van der Waals surface area contributed by atoms with Crippen molar-refractivity contribution in [3.63, 3.8) is 0 Å². The Bertz CT molecular complexity index is 823. The van der Waals surface area contributed by atoms with Crippen molar-refractivity contribution >= 4 is 33.2 Å². The average molecular weight is 421 g/mol. The van der Waals surface area contributed by atoms with Crippen LogP contribution in [-0.4, -0.2) is 17.4 Å². The van der Waals surface area contributed by atoms with Crippen LogP contribution >= 0.6 is 15.9 Å². The van der Waals surface area contributed by atoms with Crippen molar-refractivity contribution in [2.45, 2.75) is 33.1 Å². The fourth-order valence-corrected chi connectivity index (χ4v) is 2.88. The Morgan fingerprint density at radius 2 is 2.04 bits per heavy atom. The molecule has 0 fully saturated rings. The quantitative estimate of drug-likeness (QED) is 0.492. The molecule has 1 N–H and O–H groups in total. The SMILES string of the molecule is CCC(C)c1ccc(OCC(=O)Nc2cc([N+](=O)[O-])ccc2C)c(Br)c1. The maximum Gasteiger partial charge on any atom is 0.271 e. The van der Waals surface area contributed by atoms with Crippen molar-refractivity contribution in [2.75, 3.05) is 11.9 Å². The molecule has 0 aromatic heterocycles. The van der Waals surface area contributed by atoms with Crippen LogP contribution in [0.25, 0.3) is 0 Å². The number of benzene rings is 2. The minimum Gasteiger partial charge on any atom is -0.483 e. The summed E-state index contributed by atoms with van der Waals surface area (Å²) in [6, 6.07) is 10.1. The van der Waals surface area contributed by atoms with E-state index in [0.717, 1.165) is 16.5 Å². The molecule has 0 spiro atoms. The molecule has 0 aliphatic rings. The van der Waals surface area contributed by atoms with Crippen LogP contribution < -0.4 is 10.1 Å². The zero-order valence-corrected chi connectivity index (χ0v) is 16.5. The van der Waals surface area contributed by atoms with Gasteiger partial charge in [-0.15, -0.1) is 0 Å². The van der Waals surface area contributed by atoms with Gasteiger partial charge in [-0.05, 0) is 58.5 Å². The number of hydrogen-bond donors (Lipinski definition) is 1. The molecule has 2 aromatic carbocycles. The summed E-state index contributed by atoms with van der Waals surface area (Å²) in [6.07, 6.45) is 1.04. The Balaban J connectivity index is 2.01. The zero-order chi connectivity index (χ0) is 19.3. The summed E-state index contributed by atoms with van der Waals surface area (Å²) in [7, 11) is 0. The summed E-state index contributed by atoms with van der Waals surface area (Å²) in [6.45, 7) is 5.86. The number of nitro groups is 1. The highest BCUT2D eigenvalue weighted by Gasteiger charge is 2.13. The predicted molar refractivity (Wildman–Crippen MR) is 105 cm³/mol. The fraction of sp³-hybridized carbons (Fsp3) is 0.316. The number of halogens is 1. The summed E-state index contributed by atoms with van der Waals surface area (Å²) in [5.41, 5.74) is 2.26. The Hall–Kier alpha value is -2.41. The van der Waals surface area contributed by atoms with Crippen molar-refractivity contribution in [3.05, 3.63) is 62.1 Å². The first-order valence-electron chi connectivity index (χ1n) is 8.29. The third-order valence-corrected chi connectivity index (χ3v) is 4.82. The van der Waals surface area contributed by atoms with Gasteiger partial charge in [0.15, 0.2) is 6.61 Å². The molecular formula is C19H21BrN2O4. The molecule has 2 rings (SSSR count). The number of nitrogens with one attached hydrogen (secondary N) is 1. The lowest BCUT2D eigenvalue weighted by atomic mass is 9.99. The summed E-state index contributed by atoms with van der Waals surface area (Å²) < 4.78 is 6.35. The minimum atomic E-state index is -0.498. The molecule has 6 nitrogen and oxygen atoms in total. The van der Waals surface area contributed by atoms with E-state index in [1.54, 1.807) is 13.0 Å². The Morgan fingerprint density at radius 1 is 1.31 bits per heavy atom. The van der Waals surface area contributed by atoms with Crippen LogP contribution in [-0.2, 0) is 4.79 Å². The van der Waals surface area contributed by atoms with E-state index < -0.39 is 4.92 Å². The highest BCUT2D eigenvalue weighted by molar-refractivity contribution is 9.10. The van der Waals surface area contributed by atoms with Crippen LogP contribution in [0.3, 0.4) is 0 Å². The first-order valence-corrected chi connectivity index (χ1v) is 9.08. The van der Waals surface area contributed by atoms with Crippen molar-refractivity contribution < 1.29 is 14.5 Å². The largest absolute Gasteiger partial charge is 0.483 e. The maximum absolute atomic E-state index is 12.1. The van der Waals surface area contributed by atoms with Gasteiger partial charge in [0.25, 0.3) is 11.6 Å². The normalized spacial score (nSPS) is 11.7. The average Bonchev–Trinajstić information content (AvgIpc) is 2.61. The van der Waals surface area contributed by atoms with Gasteiger partial charge < -0.3 is 10.1 Å². The predicted octanol–water partition coefficient (Wildman–Crippen LogP) is 5.20. The Morgan fingerprint density at radius 3 is 2.65 bits per heavy atom. The van der Waals surface area contributed by atoms with Crippen LogP contribution in [0, 0.1) is 17.0 Å². The van der Waals surface area contributed by atoms with E-state index >= 15 is 0 Å². The van der Waals surface area contributed by atoms with Crippen LogP contribution in [0.4, 0.5) is 11.4 Å². The number of carbonyl (C=O) groups is 1. The molecule has 1 atom stereocenters. The van der Waals surface area contributed by atoms with Gasteiger partial charge in [-0.25, -0.2) is 0 Å². The Labute approximate surface area is 160 Å². The standard InChI is InChI=1S/C19H21BrN2O4/c1-4-12(2)14-6-8-18(16(20)9-14)26-11-19(23)21-17-10-15(22(24)25)7-5-13(17)3/h5-10,12H,4,11H2,1-3H3,(H,21,23). The number of hydrogen-bond acceptors (Lipinski definition) is 4. The van der Waals surface area contributed by atoms with Gasteiger partial charge in [0, 0.05) is 12.1 Å². The van der Waals surface area contributed by atoms with Crippen molar-refractivity contribution in [1.82, 2.24) is 0 Å². The summed E-state index contributed by atoms with van der Waals surface area (Å²) >= 11 is 3.47. The number of amides is 1. The molecule has 1 unspecified atom stereocenters. The van der Waals surface area contributed by atoms with Crippen LogP contribution in [0.2, 0.25) is 0 Å². The van der Waals surface area contributed by atoms with Gasteiger partial charge in [0.1, 0.15) is 5.75 Å². The summed E-state index contributed by atoms with van der Waals surface area (Å²) in [4.78, 5) is 22.5. The number of rotatable bonds is 7. The maximum atomic E-state index is 12.1. The third-order valence-electron chi connectivity index (χ3n) is 4.20. The van der Waals surface area contributed by atoms with Crippen molar-refractivity contribution in [3.8, 4) is 5.75 Å². The lowest BCUT2D eigenvalue weighted by Gasteiger charge is -2.13. The van der Waals surface area contributed by atoms with Crippen molar-refractivity contribution in [2.24, 2.45) is 0 Å². The molecular weight excluding hydrogens is 400 g/mol. The second-order valence-electron chi connectivity index (χ2n) is 6.09. The van der Waals surface area contributed by atoms with Crippen LogP contribution in [0.1, 0.15) is 37.3 Å². The molecule has 2 aromatic rings. The first-order chi connectivity index (χ1) is 12.3. The molecule has 0 radical (unpaired) electrons. The van der Waals surface area contributed by atoms with E-state index in [4.69, 9.17) is 4.74 Å². The zero-order valence-electron chi connectivity index (χ0n) is 14.9. The molecule has 0 saturated carbocycles. The van der Waals surface area contributed by atoms with Gasteiger partial charge in [-0.2, -0.15) is 0 Å². The Kier molecular flexibility index (Phi) is 6.74. The number of nitrogens with zero attached hydrogens (tertiary/aromatic N) is 1. The van der Waals surface area contributed by atoms with Crippen LogP contribution in [0.15, 0.2) is 40.9 Å². The van der Waals surface area contributed by atoms with Gasteiger partial charge in [0.05, 0.1) is 15.1 Å². The van der Waals surface area contributed by atoms with E-state index in [1.807, 2.05) is 18.2 Å². The minimum absolute atomic E-state index is 0.0739. The van der Waals surface area contributed by atoms with E-state index in [9.17, 15) is 14.9 Å². The van der Waals surface area contributed by atoms with E-state index in [0.29, 0.717) is 17.4 Å². The summed E-state index contributed by atoms with van der Waals surface area (Å²) in [5, 5.41) is 13.5. The smallest absolute Gasteiger partial charge is 0.271 e. The number of non-ortho nitro benzene ring substituents is 1. The number of anilines is 1. The van der Waals surface area contributed by atoms with Gasteiger partial charge in [0.2, 0.25) is 0 Å². The number of nitro benzene ring substituents is 1. The van der Waals surface area contributed by atoms with E-state index in [1.165, 1.54) is 17.7 Å². The van der Waals surface area contributed by atoms with Crippen LogP contribution in [0.5, 0.6) is 5.75 Å². The molecule has 7 heteroatoms. The number of carbonyl (C=O) groups excluding carboxylic acids is 1. The number of aryl methyl sites for hydroxylation is 1. The second-order valence-corrected chi connectivity index (χ2v) is 6.95. The molecule has 0 saturated heterocycles. The lowest BCUT2D eigenvalue weighted by Crippen LogP contribution is -2.20. The van der Waals surface area contributed by atoms with Gasteiger partial charge in [-0.3, -0.25) is 14.9 Å². The second kappa shape index (κ2) is 8.80. The molecule has 138 valence electrons. The molecule has 0 aliphatic carbocycles. The molecule has 0 bridgehead atoms.